The topological polar surface area (TPSA) is 48.0 Å². The number of hydrogen-bond acceptors (Lipinski definition) is 4. The Kier molecular flexibility index (Phi) is 7.57. The second-order valence-corrected chi connectivity index (χ2v) is 9.14. The smallest absolute Gasteiger partial charge is 0.416 e. The fraction of sp³-hybridized carbons (Fsp3) is 0.480. The van der Waals surface area contributed by atoms with E-state index in [0.717, 1.165) is 11.6 Å². The number of benzene rings is 2. The van der Waals surface area contributed by atoms with Crippen molar-refractivity contribution in [3.63, 3.8) is 0 Å². The number of halogens is 3. The highest BCUT2D eigenvalue weighted by molar-refractivity contribution is 5.68. The van der Waals surface area contributed by atoms with E-state index in [1.807, 2.05) is 24.3 Å². The van der Waals surface area contributed by atoms with Crippen LogP contribution in [0.3, 0.4) is 0 Å². The molecule has 0 N–H and O–H groups in total. The van der Waals surface area contributed by atoms with Crippen molar-refractivity contribution in [2.75, 3.05) is 20.2 Å². The third-order valence-electron chi connectivity index (χ3n) is 5.48. The molecule has 33 heavy (non-hydrogen) atoms. The number of methoxy groups -OCH3 is 1. The SMILES string of the molecule is COc1ccc(COC2CN(C(=O)OC(C)(C)C)CCC2c2cccc(C(F)(F)F)c2)cc1. The maximum atomic E-state index is 13.3. The fourth-order valence-electron chi connectivity index (χ4n) is 3.83. The van der Waals surface area contributed by atoms with Crippen molar-refractivity contribution in [1.82, 2.24) is 4.90 Å². The molecule has 3 rings (SSSR count). The highest BCUT2D eigenvalue weighted by Gasteiger charge is 2.37. The molecule has 2 unspecified atom stereocenters. The van der Waals surface area contributed by atoms with Crippen LogP contribution in [0.1, 0.15) is 49.8 Å². The molecule has 0 bridgehead atoms. The lowest BCUT2D eigenvalue weighted by Gasteiger charge is -2.39. The number of likely N-dealkylation sites (tertiary alicyclic amines) is 1. The quantitative estimate of drug-likeness (QED) is 0.542. The van der Waals surface area contributed by atoms with Crippen molar-refractivity contribution >= 4 is 6.09 Å². The monoisotopic (exact) mass is 465 g/mol. The van der Waals surface area contributed by atoms with Gasteiger partial charge in [-0.3, -0.25) is 0 Å². The van der Waals surface area contributed by atoms with Gasteiger partial charge in [0.05, 0.1) is 31.9 Å². The van der Waals surface area contributed by atoms with Crippen LogP contribution in [0.5, 0.6) is 5.75 Å². The first-order valence-corrected chi connectivity index (χ1v) is 10.9. The maximum absolute atomic E-state index is 13.3. The summed E-state index contributed by atoms with van der Waals surface area (Å²) in [5.74, 6) is 0.429. The Morgan fingerprint density at radius 1 is 1.09 bits per heavy atom. The van der Waals surface area contributed by atoms with Gasteiger partial charge in [-0.05, 0) is 56.5 Å². The van der Waals surface area contributed by atoms with Crippen LogP contribution in [-0.4, -0.2) is 42.9 Å². The minimum absolute atomic E-state index is 0.228. The lowest BCUT2D eigenvalue weighted by Crippen LogP contribution is -2.48. The molecule has 5 nitrogen and oxygen atoms in total. The summed E-state index contributed by atoms with van der Waals surface area (Å²) in [6.07, 6.45) is -4.90. The zero-order valence-corrected chi connectivity index (χ0v) is 19.3. The first kappa shape index (κ1) is 24.9. The molecule has 1 heterocycles. The van der Waals surface area contributed by atoms with Gasteiger partial charge in [0.15, 0.2) is 0 Å². The Hall–Kier alpha value is -2.74. The van der Waals surface area contributed by atoms with Crippen LogP contribution in [0.15, 0.2) is 48.5 Å². The molecule has 1 aliphatic heterocycles. The zero-order chi connectivity index (χ0) is 24.2. The second kappa shape index (κ2) is 10.0. The summed E-state index contributed by atoms with van der Waals surface area (Å²) in [5, 5.41) is 0. The minimum Gasteiger partial charge on any atom is -0.497 e. The van der Waals surface area contributed by atoms with E-state index >= 15 is 0 Å². The highest BCUT2D eigenvalue weighted by atomic mass is 19.4. The predicted octanol–water partition coefficient (Wildman–Crippen LogP) is 6.02. The van der Waals surface area contributed by atoms with Gasteiger partial charge in [-0.15, -0.1) is 0 Å². The summed E-state index contributed by atoms with van der Waals surface area (Å²) in [4.78, 5) is 14.2. The molecule has 2 aromatic carbocycles. The molecule has 1 saturated heterocycles. The lowest BCUT2D eigenvalue weighted by molar-refractivity contribution is -0.137. The fourth-order valence-corrected chi connectivity index (χ4v) is 3.83. The summed E-state index contributed by atoms with van der Waals surface area (Å²) in [5.41, 5.74) is 0.110. The number of rotatable bonds is 5. The molecule has 2 atom stereocenters. The van der Waals surface area contributed by atoms with Crippen LogP contribution >= 0.6 is 0 Å². The summed E-state index contributed by atoms with van der Waals surface area (Å²) in [6, 6.07) is 12.7. The zero-order valence-electron chi connectivity index (χ0n) is 19.3. The summed E-state index contributed by atoms with van der Waals surface area (Å²) < 4.78 is 56.7. The minimum atomic E-state index is -4.42. The van der Waals surface area contributed by atoms with E-state index in [-0.39, 0.29) is 19.1 Å². The molecule has 2 aromatic rings. The van der Waals surface area contributed by atoms with Crippen molar-refractivity contribution < 1.29 is 32.2 Å². The van der Waals surface area contributed by atoms with Crippen molar-refractivity contribution in [3.8, 4) is 5.75 Å². The van der Waals surface area contributed by atoms with Crippen molar-refractivity contribution in [1.29, 1.82) is 0 Å². The summed E-state index contributed by atoms with van der Waals surface area (Å²) in [7, 11) is 1.58. The van der Waals surface area contributed by atoms with E-state index in [0.29, 0.717) is 24.3 Å². The molecule has 1 amide bonds. The van der Waals surface area contributed by atoms with Crippen molar-refractivity contribution in [2.45, 2.75) is 57.6 Å². The predicted molar refractivity (Wildman–Crippen MR) is 118 cm³/mol. The largest absolute Gasteiger partial charge is 0.497 e. The van der Waals surface area contributed by atoms with Crippen LogP contribution < -0.4 is 4.74 Å². The second-order valence-electron chi connectivity index (χ2n) is 9.14. The number of hydrogen-bond donors (Lipinski definition) is 0. The Balaban J connectivity index is 1.80. The first-order chi connectivity index (χ1) is 15.5. The van der Waals surface area contributed by atoms with Gasteiger partial charge in [0.1, 0.15) is 11.4 Å². The highest BCUT2D eigenvalue weighted by Crippen LogP contribution is 2.36. The van der Waals surface area contributed by atoms with Gasteiger partial charge in [0, 0.05) is 12.5 Å². The Morgan fingerprint density at radius 3 is 2.39 bits per heavy atom. The number of ether oxygens (including phenoxy) is 3. The van der Waals surface area contributed by atoms with E-state index < -0.39 is 29.5 Å². The molecular formula is C25H30F3NO4. The van der Waals surface area contributed by atoms with Gasteiger partial charge >= 0.3 is 12.3 Å². The van der Waals surface area contributed by atoms with Gasteiger partial charge in [0.25, 0.3) is 0 Å². The summed E-state index contributed by atoms with van der Waals surface area (Å²) >= 11 is 0. The summed E-state index contributed by atoms with van der Waals surface area (Å²) in [6.45, 7) is 6.23. The van der Waals surface area contributed by atoms with Crippen molar-refractivity contribution in [2.24, 2.45) is 0 Å². The molecule has 0 saturated carbocycles. The van der Waals surface area contributed by atoms with Gasteiger partial charge in [-0.25, -0.2) is 4.79 Å². The van der Waals surface area contributed by atoms with Gasteiger partial charge in [-0.2, -0.15) is 13.2 Å². The maximum Gasteiger partial charge on any atom is 0.416 e. The van der Waals surface area contributed by atoms with E-state index in [2.05, 4.69) is 0 Å². The first-order valence-electron chi connectivity index (χ1n) is 10.9. The lowest BCUT2D eigenvalue weighted by atomic mass is 9.86. The molecule has 0 spiro atoms. The standard InChI is InChI=1S/C25H30F3NO4/c1-24(2,3)33-23(30)29-13-12-21(18-6-5-7-19(14-18)25(26,27)28)22(15-29)32-16-17-8-10-20(31-4)11-9-17/h5-11,14,21-22H,12-13,15-16H2,1-4H3. The number of piperidine rings is 1. The number of nitrogens with zero attached hydrogens (tertiary/aromatic N) is 1. The molecule has 1 aliphatic rings. The van der Waals surface area contributed by atoms with E-state index in [1.165, 1.54) is 12.1 Å². The van der Waals surface area contributed by atoms with Crippen molar-refractivity contribution in [3.05, 3.63) is 65.2 Å². The molecule has 180 valence electrons. The van der Waals surface area contributed by atoms with Crippen LogP contribution in [0.25, 0.3) is 0 Å². The Bertz CT molecular complexity index is 938. The van der Waals surface area contributed by atoms with E-state index in [1.54, 1.807) is 38.8 Å². The molecule has 0 aliphatic carbocycles. The van der Waals surface area contributed by atoms with Crippen LogP contribution in [0, 0.1) is 0 Å². The molecule has 1 fully saturated rings. The van der Waals surface area contributed by atoms with Gasteiger partial charge in [0.2, 0.25) is 0 Å². The molecule has 0 aromatic heterocycles. The molecular weight excluding hydrogens is 435 g/mol. The van der Waals surface area contributed by atoms with E-state index in [9.17, 15) is 18.0 Å². The number of alkyl halides is 3. The Morgan fingerprint density at radius 2 is 1.79 bits per heavy atom. The van der Waals surface area contributed by atoms with Gasteiger partial charge in [-0.1, -0.05) is 30.3 Å². The normalized spacial score (nSPS) is 19.3. The third kappa shape index (κ3) is 6.87. The average Bonchev–Trinajstić information content (AvgIpc) is 2.76. The van der Waals surface area contributed by atoms with Crippen LogP contribution in [-0.2, 0) is 22.3 Å². The number of amides is 1. The van der Waals surface area contributed by atoms with Crippen LogP contribution in [0.2, 0.25) is 0 Å². The third-order valence-corrected chi connectivity index (χ3v) is 5.48. The Labute approximate surface area is 192 Å². The van der Waals surface area contributed by atoms with E-state index in [4.69, 9.17) is 14.2 Å². The van der Waals surface area contributed by atoms with Gasteiger partial charge < -0.3 is 19.1 Å². The number of carbonyl (C=O) groups is 1. The average molecular weight is 466 g/mol. The number of carbonyl (C=O) groups excluding carboxylic acids is 1. The molecule has 8 heteroatoms. The van der Waals surface area contributed by atoms with Crippen LogP contribution in [0.4, 0.5) is 18.0 Å². The molecule has 0 radical (unpaired) electrons.